The second kappa shape index (κ2) is 6.78. The van der Waals surface area contributed by atoms with Gasteiger partial charge in [0.2, 0.25) is 0 Å². The number of hydrogen-bond donors (Lipinski definition) is 2. The van der Waals surface area contributed by atoms with Crippen LogP contribution in [-0.4, -0.2) is 30.0 Å². The molecule has 2 aromatic rings. The molecule has 1 aliphatic heterocycles. The average molecular weight is 313 g/mol. The molecule has 0 spiro atoms. The minimum Gasteiger partial charge on any atom is -0.486 e. The molecular weight excluding hydrogens is 298 g/mol. The van der Waals surface area contributed by atoms with Crippen LogP contribution in [0.15, 0.2) is 42.7 Å². The molecule has 2 N–H and O–H groups in total. The number of amides is 2. The van der Waals surface area contributed by atoms with Gasteiger partial charge in [0.1, 0.15) is 13.2 Å². The predicted octanol–water partition coefficient (Wildman–Crippen LogP) is 1.11. The molecule has 0 saturated carbocycles. The number of nitrogens with one attached hydrogen (secondary N) is 2. The summed E-state index contributed by atoms with van der Waals surface area (Å²) < 4.78 is 10.8. The number of fused-ring (bicyclic) bond motifs is 1. The Hall–Kier alpha value is -3.09. The number of anilines is 1. The van der Waals surface area contributed by atoms with Crippen molar-refractivity contribution in [2.24, 2.45) is 0 Å². The van der Waals surface area contributed by atoms with E-state index in [1.165, 1.54) is 0 Å². The molecule has 2 amide bonds. The van der Waals surface area contributed by atoms with Crippen LogP contribution in [0.5, 0.6) is 11.5 Å². The number of hydrogen-bond acceptors (Lipinski definition) is 5. The third kappa shape index (κ3) is 3.76. The van der Waals surface area contributed by atoms with E-state index in [9.17, 15) is 9.59 Å². The Morgan fingerprint density at radius 2 is 1.91 bits per heavy atom. The van der Waals surface area contributed by atoms with Crippen molar-refractivity contribution < 1.29 is 19.1 Å². The standard InChI is InChI=1S/C16H15N3O4/c20-15(18-10-11-2-1-5-17-9-11)16(21)19-12-3-4-13-14(8-12)23-7-6-22-13/h1-5,8-9H,6-7,10H2,(H,18,20)(H,19,21). The highest BCUT2D eigenvalue weighted by atomic mass is 16.6. The SMILES string of the molecule is O=C(NCc1cccnc1)C(=O)Nc1ccc2c(c1)OCCO2. The van der Waals surface area contributed by atoms with Gasteiger partial charge in [-0.1, -0.05) is 6.07 Å². The van der Waals surface area contributed by atoms with Crippen molar-refractivity contribution in [2.45, 2.75) is 6.54 Å². The Kier molecular flexibility index (Phi) is 4.37. The lowest BCUT2D eigenvalue weighted by molar-refractivity contribution is -0.136. The summed E-state index contributed by atoms with van der Waals surface area (Å²) in [4.78, 5) is 27.6. The van der Waals surface area contributed by atoms with Gasteiger partial charge in [-0.3, -0.25) is 14.6 Å². The van der Waals surface area contributed by atoms with Gasteiger partial charge < -0.3 is 20.1 Å². The maximum atomic E-state index is 11.9. The number of carbonyl (C=O) groups is 2. The molecule has 1 aromatic carbocycles. The van der Waals surface area contributed by atoms with Gasteiger partial charge >= 0.3 is 11.8 Å². The van der Waals surface area contributed by atoms with Crippen molar-refractivity contribution in [3.63, 3.8) is 0 Å². The fourth-order valence-corrected chi connectivity index (χ4v) is 2.07. The molecule has 0 saturated heterocycles. The van der Waals surface area contributed by atoms with E-state index in [-0.39, 0.29) is 6.54 Å². The molecule has 118 valence electrons. The zero-order valence-corrected chi connectivity index (χ0v) is 12.2. The van der Waals surface area contributed by atoms with E-state index >= 15 is 0 Å². The molecule has 1 aromatic heterocycles. The smallest absolute Gasteiger partial charge is 0.313 e. The van der Waals surface area contributed by atoms with Crippen molar-refractivity contribution in [2.75, 3.05) is 18.5 Å². The van der Waals surface area contributed by atoms with Gasteiger partial charge in [0.15, 0.2) is 11.5 Å². The van der Waals surface area contributed by atoms with E-state index in [0.717, 1.165) is 5.56 Å². The third-order valence-corrected chi connectivity index (χ3v) is 3.18. The van der Waals surface area contributed by atoms with Gasteiger partial charge in [-0.05, 0) is 23.8 Å². The molecule has 0 atom stereocenters. The van der Waals surface area contributed by atoms with Crippen LogP contribution in [-0.2, 0) is 16.1 Å². The van der Waals surface area contributed by atoms with Crippen LogP contribution >= 0.6 is 0 Å². The molecule has 7 heteroatoms. The molecule has 23 heavy (non-hydrogen) atoms. The average Bonchev–Trinajstić information content (AvgIpc) is 2.60. The Labute approximate surface area is 132 Å². The maximum Gasteiger partial charge on any atom is 0.313 e. The molecule has 3 rings (SSSR count). The zero-order chi connectivity index (χ0) is 16.1. The Morgan fingerprint density at radius 1 is 1.09 bits per heavy atom. The number of benzene rings is 1. The zero-order valence-electron chi connectivity index (χ0n) is 12.2. The largest absolute Gasteiger partial charge is 0.486 e. The summed E-state index contributed by atoms with van der Waals surface area (Å²) in [5.41, 5.74) is 1.28. The van der Waals surface area contributed by atoms with E-state index in [0.29, 0.717) is 30.4 Å². The van der Waals surface area contributed by atoms with Crippen LogP contribution in [0.2, 0.25) is 0 Å². The number of ether oxygens (including phenoxy) is 2. The first-order valence-corrected chi connectivity index (χ1v) is 7.10. The highest BCUT2D eigenvalue weighted by Gasteiger charge is 2.16. The molecule has 0 bridgehead atoms. The predicted molar refractivity (Wildman–Crippen MR) is 82.1 cm³/mol. The lowest BCUT2D eigenvalue weighted by Crippen LogP contribution is -2.35. The normalized spacial score (nSPS) is 12.3. The molecule has 0 fully saturated rings. The fourth-order valence-electron chi connectivity index (χ4n) is 2.07. The molecule has 0 radical (unpaired) electrons. The number of nitrogens with zero attached hydrogens (tertiary/aromatic N) is 1. The second-order valence-corrected chi connectivity index (χ2v) is 4.86. The molecule has 2 heterocycles. The first-order valence-electron chi connectivity index (χ1n) is 7.10. The summed E-state index contributed by atoms with van der Waals surface area (Å²) in [6, 6.07) is 8.54. The minimum atomic E-state index is -0.745. The van der Waals surface area contributed by atoms with Crippen LogP contribution in [0.1, 0.15) is 5.56 Å². The Balaban J connectivity index is 1.57. The summed E-state index contributed by atoms with van der Waals surface area (Å²) in [5.74, 6) is -0.297. The van der Waals surface area contributed by atoms with Crippen LogP contribution in [0, 0.1) is 0 Å². The summed E-state index contributed by atoms with van der Waals surface area (Å²) in [7, 11) is 0. The Morgan fingerprint density at radius 3 is 2.70 bits per heavy atom. The molecular formula is C16H15N3O4. The Bertz CT molecular complexity index is 719. The van der Waals surface area contributed by atoms with Crippen LogP contribution in [0.4, 0.5) is 5.69 Å². The quantitative estimate of drug-likeness (QED) is 0.829. The van der Waals surface area contributed by atoms with E-state index < -0.39 is 11.8 Å². The van der Waals surface area contributed by atoms with Gasteiger partial charge in [0.05, 0.1) is 0 Å². The second-order valence-electron chi connectivity index (χ2n) is 4.86. The van der Waals surface area contributed by atoms with E-state index in [1.54, 1.807) is 36.7 Å². The molecule has 1 aliphatic rings. The number of pyridine rings is 1. The molecule has 0 aliphatic carbocycles. The lowest BCUT2D eigenvalue weighted by atomic mass is 10.2. The molecule has 7 nitrogen and oxygen atoms in total. The first-order chi connectivity index (χ1) is 11.2. The number of aromatic nitrogens is 1. The summed E-state index contributed by atoms with van der Waals surface area (Å²) in [6.07, 6.45) is 3.26. The van der Waals surface area contributed by atoms with Crippen molar-refractivity contribution in [3.8, 4) is 11.5 Å². The van der Waals surface area contributed by atoms with Crippen LogP contribution < -0.4 is 20.1 Å². The van der Waals surface area contributed by atoms with Crippen molar-refractivity contribution in [1.82, 2.24) is 10.3 Å². The van der Waals surface area contributed by atoms with Gasteiger partial charge in [-0.25, -0.2) is 0 Å². The first kappa shape index (κ1) is 14.8. The number of carbonyl (C=O) groups excluding carboxylic acids is 2. The highest BCUT2D eigenvalue weighted by Crippen LogP contribution is 2.32. The summed E-state index contributed by atoms with van der Waals surface area (Å²) in [5, 5.41) is 5.06. The maximum absolute atomic E-state index is 11.9. The van der Waals surface area contributed by atoms with E-state index in [2.05, 4.69) is 15.6 Å². The van der Waals surface area contributed by atoms with Gasteiger partial charge in [0.25, 0.3) is 0 Å². The van der Waals surface area contributed by atoms with Crippen LogP contribution in [0.25, 0.3) is 0 Å². The topological polar surface area (TPSA) is 89.6 Å². The van der Waals surface area contributed by atoms with Crippen molar-refractivity contribution in [1.29, 1.82) is 0 Å². The van der Waals surface area contributed by atoms with Crippen molar-refractivity contribution >= 4 is 17.5 Å². The monoisotopic (exact) mass is 313 g/mol. The van der Waals surface area contributed by atoms with E-state index in [1.807, 2.05) is 6.07 Å². The summed E-state index contributed by atoms with van der Waals surface area (Å²) >= 11 is 0. The lowest BCUT2D eigenvalue weighted by Gasteiger charge is -2.18. The number of rotatable bonds is 3. The summed E-state index contributed by atoms with van der Waals surface area (Å²) in [6.45, 7) is 1.19. The molecule has 0 unspecified atom stereocenters. The van der Waals surface area contributed by atoms with Gasteiger partial charge in [-0.15, -0.1) is 0 Å². The third-order valence-electron chi connectivity index (χ3n) is 3.18. The van der Waals surface area contributed by atoms with E-state index in [4.69, 9.17) is 9.47 Å². The van der Waals surface area contributed by atoms with Gasteiger partial charge in [0, 0.05) is 30.7 Å². The van der Waals surface area contributed by atoms with Gasteiger partial charge in [-0.2, -0.15) is 0 Å². The highest BCUT2D eigenvalue weighted by molar-refractivity contribution is 6.39. The minimum absolute atomic E-state index is 0.237. The van der Waals surface area contributed by atoms with Crippen molar-refractivity contribution in [3.05, 3.63) is 48.3 Å². The fraction of sp³-hybridized carbons (Fsp3) is 0.188. The van der Waals surface area contributed by atoms with Crippen LogP contribution in [0.3, 0.4) is 0 Å².